The van der Waals surface area contributed by atoms with Crippen LogP contribution in [0.5, 0.6) is 0 Å². The van der Waals surface area contributed by atoms with E-state index in [9.17, 15) is 9.36 Å². The van der Waals surface area contributed by atoms with Crippen LogP contribution in [0.15, 0.2) is 0 Å². The first-order chi connectivity index (χ1) is 5.87. The average Bonchev–Trinajstić information content (AvgIpc) is 1.99. The van der Waals surface area contributed by atoms with Crippen molar-refractivity contribution in [2.45, 2.75) is 25.8 Å². The molecule has 2 atom stereocenters. The molecule has 0 aromatic carbocycles. The molecule has 0 saturated carbocycles. The van der Waals surface area contributed by atoms with Crippen LogP contribution in [0.3, 0.4) is 0 Å². The van der Waals surface area contributed by atoms with Gasteiger partial charge in [-0.15, -0.1) is 0 Å². The Morgan fingerprint density at radius 1 is 1.77 bits per heavy atom. The Hall–Kier alpha value is -0.420. The molecule has 6 nitrogen and oxygen atoms in total. The van der Waals surface area contributed by atoms with Gasteiger partial charge in [-0.2, -0.15) is 4.62 Å². The van der Waals surface area contributed by atoms with Crippen molar-refractivity contribution in [1.82, 2.24) is 5.48 Å². The number of hydroxylamine groups is 1. The molecule has 0 heterocycles. The molecule has 4 N–H and O–H groups in total. The van der Waals surface area contributed by atoms with Crippen LogP contribution in [0.25, 0.3) is 0 Å². The van der Waals surface area contributed by atoms with Gasteiger partial charge in [0.2, 0.25) is 0 Å². The molecule has 13 heavy (non-hydrogen) atoms. The van der Waals surface area contributed by atoms with Gasteiger partial charge in [0.05, 0.1) is 6.04 Å². The topological polar surface area (TPSA) is 102 Å². The molecule has 78 valence electrons. The number of hydrogen-bond donors (Lipinski definition) is 3. The van der Waals surface area contributed by atoms with Crippen LogP contribution in [-0.2, 0) is 14.0 Å². The number of carbonyl (C=O) groups excluding carboxylic acids is 1. The van der Waals surface area contributed by atoms with Crippen LogP contribution < -0.4 is 11.2 Å². The lowest BCUT2D eigenvalue weighted by Gasteiger charge is -2.11. The van der Waals surface area contributed by atoms with Gasteiger partial charge in [-0.3, -0.25) is 9.36 Å². The molecule has 7 heteroatoms. The second-order valence-corrected chi connectivity index (χ2v) is 4.54. The van der Waals surface area contributed by atoms with E-state index in [2.05, 4.69) is 4.62 Å². The van der Waals surface area contributed by atoms with E-state index < -0.39 is 19.5 Å². The van der Waals surface area contributed by atoms with Gasteiger partial charge in [-0.05, 0) is 6.42 Å². The molecule has 0 aromatic heterocycles. The Kier molecular flexibility index (Phi) is 5.17. The lowest BCUT2D eigenvalue weighted by atomic mass is 10.2. The fourth-order valence-electron chi connectivity index (χ4n) is 0.647. The second-order valence-electron chi connectivity index (χ2n) is 2.76. The van der Waals surface area contributed by atoms with Crippen molar-refractivity contribution >= 4 is 13.5 Å². The maximum absolute atomic E-state index is 11.0. The summed E-state index contributed by atoms with van der Waals surface area (Å²) in [6.45, 7) is 2.85. The van der Waals surface area contributed by atoms with Gasteiger partial charge >= 0.3 is 7.60 Å². The number of rotatable bonds is 5. The maximum atomic E-state index is 11.0. The molecule has 0 bridgehead atoms. The summed E-state index contributed by atoms with van der Waals surface area (Å²) in [6.07, 6.45) is 1.27. The molecule has 0 rings (SSSR count). The van der Waals surface area contributed by atoms with Crippen molar-refractivity contribution < 1.29 is 18.9 Å². The van der Waals surface area contributed by atoms with E-state index in [4.69, 9.17) is 10.6 Å². The van der Waals surface area contributed by atoms with Crippen molar-refractivity contribution in [2.24, 2.45) is 5.73 Å². The fourth-order valence-corrected chi connectivity index (χ4v) is 0.907. The van der Waals surface area contributed by atoms with E-state index in [1.165, 1.54) is 0 Å². The second kappa shape index (κ2) is 5.34. The van der Waals surface area contributed by atoms with Gasteiger partial charge in [0, 0.05) is 6.66 Å². The van der Waals surface area contributed by atoms with Crippen molar-refractivity contribution in [2.75, 3.05) is 6.66 Å². The number of nitrogens with one attached hydrogen (secondary N) is 1. The van der Waals surface area contributed by atoms with Crippen LogP contribution in [0, 0.1) is 0 Å². The predicted molar refractivity (Wildman–Crippen MR) is 47.9 cm³/mol. The van der Waals surface area contributed by atoms with Gasteiger partial charge in [0.1, 0.15) is 0 Å². The highest BCUT2D eigenvalue weighted by molar-refractivity contribution is 7.51. The summed E-state index contributed by atoms with van der Waals surface area (Å²) < 4.78 is 14.8. The third-order valence-electron chi connectivity index (χ3n) is 1.25. The lowest BCUT2D eigenvalue weighted by Crippen LogP contribution is -2.39. The van der Waals surface area contributed by atoms with Crippen molar-refractivity contribution in [3.8, 4) is 0 Å². The monoisotopic (exact) mass is 210 g/mol. The zero-order valence-electron chi connectivity index (χ0n) is 7.69. The number of amides is 1. The Morgan fingerprint density at radius 2 is 2.31 bits per heavy atom. The molecule has 0 spiro atoms. The zero-order chi connectivity index (χ0) is 10.5. The van der Waals surface area contributed by atoms with E-state index >= 15 is 0 Å². The van der Waals surface area contributed by atoms with E-state index in [-0.39, 0.29) is 0 Å². The third kappa shape index (κ3) is 6.72. The number of carbonyl (C=O) groups is 1. The van der Waals surface area contributed by atoms with Crippen LogP contribution in [-0.4, -0.2) is 23.5 Å². The first-order valence-corrected chi connectivity index (χ1v) is 5.93. The van der Waals surface area contributed by atoms with Gasteiger partial charge in [-0.25, -0.2) is 5.48 Å². The van der Waals surface area contributed by atoms with Crippen LogP contribution >= 0.6 is 7.60 Å². The molecule has 1 unspecified atom stereocenters. The van der Waals surface area contributed by atoms with E-state index in [0.717, 1.165) is 13.1 Å². The molecule has 1 amide bonds. The first-order valence-electron chi connectivity index (χ1n) is 3.91. The summed E-state index contributed by atoms with van der Waals surface area (Å²) >= 11 is 0. The summed E-state index contributed by atoms with van der Waals surface area (Å²) in [5.74, 6) is -0.585. The standard InChI is InChI=1S/C6H15N2O4P/c1-3-4-5(7)6(9)8-12-13(2,10)11/h5H,3-4,7H2,1-2H3,(H,8,9)(H,10,11)/t5-/m0/s1. The molecular weight excluding hydrogens is 195 g/mol. The quantitative estimate of drug-likeness (QED) is 0.437. The molecule has 0 aromatic rings. The van der Waals surface area contributed by atoms with Gasteiger partial charge in [0.25, 0.3) is 5.91 Å². The highest BCUT2D eigenvalue weighted by Crippen LogP contribution is 2.34. The largest absolute Gasteiger partial charge is 0.346 e. The molecule has 0 saturated heterocycles. The summed E-state index contributed by atoms with van der Waals surface area (Å²) in [5, 5.41) is 0. The fraction of sp³-hybridized carbons (Fsp3) is 0.833. The smallest absolute Gasteiger partial charge is 0.323 e. The third-order valence-corrected chi connectivity index (χ3v) is 1.68. The minimum absolute atomic E-state index is 0.509. The Morgan fingerprint density at radius 3 is 2.69 bits per heavy atom. The summed E-state index contributed by atoms with van der Waals surface area (Å²) in [5.41, 5.74) is 7.22. The molecule has 0 radical (unpaired) electrons. The van der Waals surface area contributed by atoms with Gasteiger partial charge in [0.15, 0.2) is 0 Å². The Labute approximate surface area is 76.9 Å². The zero-order valence-corrected chi connectivity index (χ0v) is 8.58. The minimum Gasteiger partial charge on any atom is -0.323 e. The van der Waals surface area contributed by atoms with Crippen LogP contribution in [0.2, 0.25) is 0 Å². The van der Waals surface area contributed by atoms with Crippen molar-refractivity contribution in [3.63, 3.8) is 0 Å². The normalized spacial score (nSPS) is 17.5. The van der Waals surface area contributed by atoms with E-state index in [0.29, 0.717) is 6.42 Å². The van der Waals surface area contributed by atoms with Crippen molar-refractivity contribution in [3.05, 3.63) is 0 Å². The summed E-state index contributed by atoms with van der Waals surface area (Å²) in [6, 6.07) is -0.698. The Bertz CT molecular complexity index is 215. The van der Waals surface area contributed by atoms with Gasteiger partial charge < -0.3 is 10.6 Å². The minimum atomic E-state index is -3.67. The lowest BCUT2D eigenvalue weighted by molar-refractivity contribution is -0.129. The first kappa shape index (κ1) is 12.6. The predicted octanol–water partition coefficient (Wildman–Crippen LogP) is -0.0232. The van der Waals surface area contributed by atoms with Gasteiger partial charge in [-0.1, -0.05) is 13.3 Å². The maximum Gasteiger partial charge on any atom is 0.346 e. The average molecular weight is 210 g/mol. The Balaban J connectivity index is 3.81. The summed E-state index contributed by atoms with van der Waals surface area (Å²) in [4.78, 5) is 19.6. The van der Waals surface area contributed by atoms with Crippen LogP contribution in [0.1, 0.15) is 19.8 Å². The molecule has 0 aliphatic carbocycles. The van der Waals surface area contributed by atoms with E-state index in [1.807, 2.05) is 12.4 Å². The van der Waals surface area contributed by atoms with E-state index in [1.54, 1.807) is 0 Å². The van der Waals surface area contributed by atoms with Crippen molar-refractivity contribution in [1.29, 1.82) is 0 Å². The SMILES string of the molecule is CCC[C@H](N)C(=O)NOP(C)(=O)O. The molecule has 0 fully saturated rings. The highest BCUT2D eigenvalue weighted by atomic mass is 31.2. The molecule has 0 aliphatic heterocycles. The molecular formula is C6H15N2O4P. The summed E-state index contributed by atoms with van der Waals surface area (Å²) in [7, 11) is -3.67. The van der Waals surface area contributed by atoms with Crippen LogP contribution in [0.4, 0.5) is 0 Å². The number of nitrogens with two attached hydrogens (primary N) is 1. The molecule has 0 aliphatic rings. The number of hydrogen-bond acceptors (Lipinski definition) is 4. The highest BCUT2D eigenvalue weighted by Gasteiger charge is 2.16.